The van der Waals surface area contributed by atoms with E-state index in [1.165, 1.54) is 11.8 Å². The van der Waals surface area contributed by atoms with Crippen molar-refractivity contribution in [2.75, 3.05) is 5.75 Å². The summed E-state index contributed by atoms with van der Waals surface area (Å²) in [5.74, 6) is 2.09. The average molecular weight is 317 g/mol. The van der Waals surface area contributed by atoms with Crippen molar-refractivity contribution in [3.8, 4) is 17.5 Å². The molecule has 2 aromatic rings. The van der Waals surface area contributed by atoms with Crippen LogP contribution in [0.25, 0.3) is 11.5 Å². The van der Waals surface area contributed by atoms with E-state index in [2.05, 4.69) is 16.4 Å². The number of aromatic nitrogens is 1. The van der Waals surface area contributed by atoms with Crippen LogP contribution in [0.1, 0.15) is 17.9 Å². The lowest BCUT2D eigenvalue weighted by molar-refractivity contribution is 0.510. The van der Waals surface area contributed by atoms with Gasteiger partial charge >= 0.3 is 0 Å². The molecule has 1 aromatic heterocycles. The molecule has 0 atom stereocenters. The van der Waals surface area contributed by atoms with Crippen molar-refractivity contribution in [3.05, 3.63) is 41.8 Å². The molecule has 108 valence electrons. The van der Waals surface area contributed by atoms with Crippen molar-refractivity contribution in [2.24, 2.45) is 0 Å². The van der Waals surface area contributed by atoms with Crippen molar-refractivity contribution in [3.63, 3.8) is 0 Å². The third kappa shape index (κ3) is 4.59. The van der Waals surface area contributed by atoms with Crippen molar-refractivity contribution in [1.29, 1.82) is 5.26 Å². The normalized spacial score (nSPS) is 10.1. The van der Waals surface area contributed by atoms with Crippen LogP contribution in [-0.4, -0.2) is 15.1 Å². The molecule has 0 amide bonds. The van der Waals surface area contributed by atoms with E-state index in [-0.39, 0.29) is 0 Å². The summed E-state index contributed by atoms with van der Waals surface area (Å²) in [4.78, 5) is 4.43. The molecule has 0 radical (unpaired) electrons. The summed E-state index contributed by atoms with van der Waals surface area (Å²) in [5.41, 5.74) is 1.81. The molecular weight excluding hydrogens is 302 g/mol. The molecule has 1 aromatic carbocycles. The quantitative estimate of drug-likeness (QED) is 0.670. The minimum atomic E-state index is 0.492. The average Bonchev–Trinajstić information content (AvgIpc) is 2.87. The third-order valence-corrected chi connectivity index (χ3v) is 4.07. The van der Waals surface area contributed by atoms with E-state index >= 15 is 0 Å². The predicted octanol–water partition coefficient (Wildman–Crippen LogP) is 3.67. The molecule has 0 unspecified atom stereocenters. The number of nitrogens with zero attached hydrogens (tertiary/aromatic N) is 2. The number of nitrogens with one attached hydrogen (secondary N) is 1. The van der Waals surface area contributed by atoms with Gasteiger partial charge < -0.3 is 9.73 Å². The molecular formula is C15H15N3OS2. The maximum absolute atomic E-state index is 8.48. The maximum Gasteiger partial charge on any atom is 0.226 e. The van der Waals surface area contributed by atoms with E-state index < -0.39 is 0 Å². The molecule has 0 saturated heterocycles. The molecule has 0 aliphatic carbocycles. The highest BCUT2D eigenvalue weighted by molar-refractivity contribution is 8.22. The minimum Gasteiger partial charge on any atom is -0.439 e. The Kier molecular flexibility index (Phi) is 5.78. The summed E-state index contributed by atoms with van der Waals surface area (Å²) in [6, 6.07) is 11.9. The number of thioether (sulfide) groups is 1. The van der Waals surface area contributed by atoms with Gasteiger partial charge in [-0.25, -0.2) is 4.98 Å². The fourth-order valence-corrected chi connectivity index (χ4v) is 2.56. The van der Waals surface area contributed by atoms with Gasteiger partial charge in [0.15, 0.2) is 0 Å². The molecule has 4 nitrogen and oxygen atoms in total. The molecule has 6 heteroatoms. The molecule has 0 spiro atoms. The smallest absolute Gasteiger partial charge is 0.226 e. The Labute approximate surface area is 133 Å². The SMILES string of the molecule is Cc1nc(-c2ccccc2)oc1CNC(=S)SCCC#N. The van der Waals surface area contributed by atoms with Gasteiger partial charge in [0.25, 0.3) is 0 Å². The molecule has 0 aliphatic heterocycles. The van der Waals surface area contributed by atoms with Crippen molar-refractivity contribution < 1.29 is 4.42 Å². The summed E-state index contributed by atoms with van der Waals surface area (Å²) in [5, 5.41) is 11.6. The Balaban J connectivity index is 1.94. The fourth-order valence-electron chi connectivity index (χ4n) is 1.69. The zero-order valence-corrected chi connectivity index (χ0v) is 13.3. The lowest BCUT2D eigenvalue weighted by Crippen LogP contribution is -2.18. The van der Waals surface area contributed by atoms with Gasteiger partial charge in [-0.2, -0.15) is 5.26 Å². The van der Waals surface area contributed by atoms with E-state index in [4.69, 9.17) is 21.9 Å². The van der Waals surface area contributed by atoms with Crippen LogP contribution in [0, 0.1) is 18.3 Å². The number of rotatable bonds is 5. The second-order valence-corrected chi connectivity index (χ2v) is 6.06. The highest BCUT2D eigenvalue weighted by atomic mass is 32.2. The summed E-state index contributed by atoms with van der Waals surface area (Å²) in [7, 11) is 0. The predicted molar refractivity (Wildman–Crippen MR) is 88.8 cm³/mol. The number of nitriles is 1. The van der Waals surface area contributed by atoms with Gasteiger partial charge in [-0.3, -0.25) is 0 Å². The minimum absolute atomic E-state index is 0.492. The van der Waals surface area contributed by atoms with Crippen LogP contribution in [0.15, 0.2) is 34.7 Å². The van der Waals surface area contributed by atoms with Crippen molar-refractivity contribution >= 4 is 28.3 Å². The van der Waals surface area contributed by atoms with Gasteiger partial charge in [0.1, 0.15) is 10.1 Å². The van der Waals surface area contributed by atoms with Gasteiger partial charge in [-0.1, -0.05) is 42.2 Å². The Morgan fingerprint density at radius 2 is 2.19 bits per heavy atom. The highest BCUT2D eigenvalue weighted by Crippen LogP contribution is 2.21. The molecule has 0 fully saturated rings. The van der Waals surface area contributed by atoms with Crippen molar-refractivity contribution in [2.45, 2.75) is 19.9 Å². The Morgan fingerprint density at radius 1 is 1.43 bits per heavy atom. The van der Waals surface area contributed by atoms with E-state index in [9.17, 15) is 0 Å². The summed E-state index contributed by atoms with van der Waals surface area (Å²) < 4.78 is 6.45. The Bertz CT molecular complexity index is 647. The lowest BCUT2D eigenvalue weighted by atomic mass is 10.2. The second kappa shape index (κ2) is 7.81. The Morgan fingerprint density at radius 3 is 2.90 bits per heavy atom. The number of oxazole rings is 1. The number of hydrogen-bond acceptors (Lipinski definition) is 5. The summed E-state index contributed by atoms with van der Waals surface area (Å²) >= 11 is 6.66. The molecule has 0 bridgehead atoms. The number of hydrogen-bond donors (Lipinski definition) is 1. The first-order valence-corrected chi connectivity index (χ1v) is 7.89. The van der Waals surface area contributed by atoms with Crippen LogP contribution in [0.2, 0.25) is 0 Å². The second-order valence-electron chi connectivity index (χ2n) is 4.29. The topological polar surface area (TPSA) is 61.9 Å². The summed E-state index contributed by atoms with van der Waals surface area (Å²) in [6.07, 6.45) is 0.492. The number of benzene rings is 1. The van der Waals surface area contributed by atoms with Gasteiger partial charge in [0, 0.05) is 17.7 Å². The largest absolute Gasteiger partial charge is 0.439 e. The van der Waals surface area contributed by atoms with E-state index in [1.54, 1.807) is 0 Å². The zero-order valence-electron chi connectivity index (χ0n) is 11.6. The first-order valence-electron chi connectivity index (χ1n) is 6.50. The zero-order chi connectivity index (χ0) is 15.1. The first kappa shape index (κ1) is 15.5. The first-order chi connectivity index (χ1) is 10.2. The molecule has 2 rings (SSSR count). The van der Waals surface area contributed by atoms with E-state index in [1.807, 2.05) is 37.3 Å². The maximum atomic E-state index is 8.48. The standard InChI is InChI=1S/C15H15N3OS2/c1-11-13(10-17-15(20)21-9-5-8-16)19-14(18-11)12-6-3-2-4-7-12/h2-4,6-7H,5,9-10H2,1H3,(H,17,20). The fraction of sp³-hybridized carbons (Fsp3) is 0.267. The van der Waals surface area contributed by atoms with Crippen LogP contribution in [-0.2, 0) is 6.54 Å². The van der Waals surface area contributed by atoms with Crippen molar-refractivity contribution in [1.82, 2.24) is 10.3 Å². The van der Waals surface area contributed by atoms with Crippen LogP contribution >= 0.6 is 24.0 Å². The molecule has 0 saturated carbocycles. The van der Waals surface area contributed by atoms with Gasteiger partial charge in [-0.15, -0.1) is 0 Å². The highest BCUT2D eigenvalue weighted by Gasteiger charge is 2.11. The van der Waals surface area contributed by atoms with E-state index in [0.29, 0.717) is 28.9 Å². The number of aryl methyl sites for hydroxylation is 1. The monoisotopic (exact) mass is 317 g/mol. The molecule has 1 heterocycles. The van der Waals surface area contributed by atoms with Gasteiger partial charge in [0.05, 0.1) is 18.3 Å². The van der Waals surface area contributed by atoms with Gasteiger partial charge in [-0.05, 0) is 19.1 Å². The van der Waals surface area contributed by atoms with Crippen LogP contribution in [0.4, 0.5) is 0 Å². The molecule has 21 heavy (non-hydrogen) atoms. The molecule has 0 aliphatic rings. The number of thiocarbonyl (C=S) groups is 1. The lowest BCUT2D eigenvalue weighted by Gasteiger charge is -2.04. The van der Waals surface area contributed by atoms with Crippen LogP contribution in [0.5, 0.6) is 0 Å². The Hall–Kier alpha value is -1.84. The van der Waals surface area contributed by atoms with Crippen LogP contribution < -0.4 is 5.32 Å². The third-order valence-electron chi connectivity index (χ3n) is 2.75. The van der Waals surface area contributed by atoms with Gasteiger partial charge in [0.2, 0.25) is 5.89 Å². The molecule has 1 N–H and O–H groups in total. The summed E-state index contributed by atoms with van der Waals surface area (Å²) in [6.45, 7) is 2.42. The van der Waals surface area contributed by atoms with E-state index in [0.717, 1.165) is 17.0 Å². The van der Waals surface area contributed by atoms with Crippen LogP contribution in [0.3, 0.4) is 0 Å².